The molecule has 4 atom stereocenters. The van der Waals surface area contributed by atoms with Gasteiger partial charge in [0.25, 0.3) is 0 Å². The van der Waals surface area contributed by atoms with Crippen LogP contribution in [0.5, 0.6) is 0 Å². The molecule has 2 heterocycles. The number of aliphatic imine (C=N–C) groups is 1. The molecule has 0 spiro atoms. The first-order valence-corrected chi connectivity index (χ1v) is 9.91. The molecule has 1 amide bonds. The monoisotopic (exact) mass is 408 g/mol. The number of hydrogen-bond acceptors (Lipinski definition) is 6. The molecule has 1 aromatic heterocycles. The normalized spacial score (nSPS) is 25.1. The molecule has 156 valence electrons. The SMILES string of the molecule is CNC(=O)C1Cc2c(nc(C)n2C)C2=N[C@H](c3ccccc3)[C@@H](OC(C)=O)C(=O)C21. The standard InChI is InChI=1S/C22H24N4O4/c1-11-24-18-15(26(11)4)10-14(22(29)23-3)16-19(18)25-17(13-8-6-5-7-9-13)21(20(16)28)30-12(2)27/h5-9,14,16-17,21H,10H2,1-4H3,(H,23,29)/t14?,16?,17-,21-/m1/s1. The van der Waals surface area contributed by atoms with Crippen LogP contribution in [0.3, 0.4) is 0 Å². The van der Waals surface area contributed by atoms with Crippen LogP contribution < -0.4 is 5.32 Å². The molecule has 30 heavy (non-hydrogen) atoms. The lowest BCUT2D eigenvalue weighted by atomic mass is 9.71. The van der Waals surface area contributed by atoms with Gasteiger partial charge in [-0.1, -0.05) is 30.3 Å². The van der Waals surface area contributed by atoms with Gasteiger partial charge in [0, 0.05) is 33.1 Å². The van der Waals surface area contributed by atoms with Gasteiger partial charge in [0.05, 0.1) is 17.5 Å². The number of Topliss-reactive ketones (excluding diaryl/α,β-unsaturated/α-hetero) is 1. The number of imidazole rings is 1. The van der Waals surface area contributed by atoms with Crippen LogP contribution in [0.2, 0.25) is 0 Å². The fourth-order valence-corrected chi connectivity index (χ4v) is 4.41. The van der Waals surface area contributed by atoms with Crippen LogP contribution in [0, 0.1) is 18.8 Å². The number of aryl methyl sites for hydroxylation is 1. The van der Waals surface area contributed by atoms with Crippen molar-refractivity contribution in [3.8, 4) is 0 Å². The number of nitrogens with zero attached hydrogens (tertiary/aromatic N) is 3. The molecule has 1 aromatic carbocycles. The highest BCUT2D eigenvalue weighted by Gasteiger charge is 2.52. The molecule has 0 saturated heterocycles. The average Bonchev–Trinajstić information content (AvgIpc) is 3.03. The van der Waals surface area contributed by atoms with Gasteiger partial charge in [-0.25, -0.2) is 4.98 Å². The van der Waals surface area contributed by atoms with Crippen LogP contribution >= 0.6 is 0 Å². The Kier molecular flexibility index (Phi) is 5.01. The summed E-state index contributed by atoms with van der Waals surface area (Å²) < 4.78 is 7.38. The minimum atomic E-state index is -1.09. The van der Waals surface area contributed by atoms with Crippen molar-refractivity contribution < 1.29 is 19.1 Å². The Bertz CT molecular complexity index is 1060. The minimum absolute atomic E-state index is 0.245. The molecule has 8 nitrogen and oxygen atoms in total. The number of ether oxygens (including phenoxy) is 1. The number of carbonyl (C=O) groups excluding carboxylic acids is 3. The van der Waals surface area contributed by atoms with Crippen LogP contribution in [0.15, 0.2) is 35.3 Å². The molecule has 0 saturated carbocycles. The highest BCUT2D eigenvalue weighted by molar-refractivity contribution is 6.19. The van der Waals surface area contributed by atoms with Gasteiger partial charge in [-0.05, 0) is 12.5 Å². The summed E-state index contributed by atoms with van der Waals surface area (Å²) in [4.78, 5) is 47.7. The Morgan fingerprint density at radius 2 is 1.93 bits per heavy atom. The number of hydrogen-bond donors (Lipinski definition) is 1. The van der Waals surface area contributed by atoms with Crippen molar-refractivity contribution in [2.24, 2.45) is 23.9 Å². The van der Waals surface area contributed by atoms with Crippen molar-refractivity contribution in [3.63, 3.8) is 0 Å². The maximum atomic E-state index is 13.6. The van der Waals surface area contributed by atoms with E-state index in [9.17, 15) is 14.4 Å². The molecular weight excluding hydrogens is 384 g/mol. The van der Waals surface area contributed by atoms with E-state index >= 15 is 0 Å². The molecule has 0 radical (unpaired) electrons. The predicted molar refractivity (Wildman–Crippen MR) is 109 cm³/mol. The number of aromatic nitrogens is 2. The number of fused-ring (bicyclic) bond motifs is 3. The van der Waals surface area contributed by atoms with Gasteiger partial charge in [-0.2, -0.15) is 0 Å². The maximum Gasteiger partial charge on any atom is 0.303 e. The number of nitrogens with one attached hydrogen (secondary N) is 1. The lowest BCUT2D eigenvalue weighted by molar-refractivity contribution is -0.156. The Hall–Kier alpha value is -3.29. The number of amides is 1. The molecule has 2 aliphatic rings. The second-order valence-electron chi connectivity index (χ2n) is 7.72. The van der Waals surface area contributed by atoms with Crippen molar-refractivity contribution in [1.82, 2.24) is 14.9 Å². The predicted octanol–water partition coefficient (Wildman–Crippen LogP) is 1.31. The average molecular weight is 408 g/mol. The summed E-state index contributed by atoms with van der Waals surface area (Å²) >= 11 is 0. The quantitative estimate of drug-likeness (QED) is 0.772. The van der Waals surface area contributed by atoms with Crippen LogP contribution in [0.25, 0.3) is 0 Å². The van der Waals surface area contributed by atoms with Crippen molar-refractivity contribution >= 4 is 23.4 Å². The van der Waals surface area contributed by atoms with Crippen LogP contribution in [-0.4, -0.2) is 46.1 Å². The van der Waals surface area contributed by atoms with Gasteiger partial charge in [0.2, 0.25) is 5.91 Å². The van der Waals surface area contributed by atoms with E-state index in [0.29, 0.717) is 17.8 Å². The Morgan fingerprint density at radius 1 is 1.23 bits per heavy atom. The summed E-state index contributed by atoms with van der Waals surface area (Å²) in [6.45, 7) is 3.15. The summed E-state index contributed by atoms with van der Waals surface area (Å²) in [5.74, 6) is -1.79. The lowest BCUT2D eigenvalue weighted by Gasteiger charge is -2.38. The Morgan fingerprint density at radius 3 is 2.57 bits per heavy atom. The van der Waals surface area contributed by atoms with Crippen molar-refractivity contribution in [2.75, 3.05) is 7.05 Å². The van der Waals surface area contributed by atoms with Gasteiger partial charge in [-0.15, -0.1) is 0 Å². The van der Waals surface area contributed by atoms with E-state index in [-0.39, 0.29) is 11.7 Å². The van der Waals surface area contributed by atoms with Crippen LogP contribution in [-0.2, 0) is 32.6 Å². The lowest BCUT2D eigenvalue weighted by Crippen LogP contribution is -2.52. The third-order valence-corrected chi connectivity index (χ3v) is 5.96. The number of carbonyl (C=O) groups is 3. The summed E-state index contributed by atoms with van der Waals surface area (Å²) in [7, 11) is 3.44. The zero-order valence-corrected chi connectivity index (χ0v) is 17.4. The van der Waals surface area contributed by atoms with Gasteiger partial charge < -0.3 is 14.6 Å². The third-order valence-electron chi connectivity index (χ3n) is 5.96. The topological polar surface area (TPSA) is 103 Å². The number of esters is 1. The smallest absolute Gasteiger partial charge is 0.303 e. The third kappa shape index (κ3) is 3.12. The Balaban J connectivity index is 1.93. The summed E-state index contributed by atoms with van der Waals surface area (Å²) in [6.07, 6.45) is -0.720. The van der Waals surface area contributed by atoms with E-state index in [2.05, 4.69) is 10.3 Å². The minimum Gasteiger partial charge on any atom is -0.452 e. The molecule has 2 aromatic rings. The number of ketones is 1. The van der Waals surface area contributed by atoms with Gasteiger partial charge >= 0.3 is 5.97 Å². The highest BCUT2D eigenvalue weighted by atomic mass is 16.5. The van der Waals surface area contributed by atoms with Crippen molar-refractivity contribution in [2.45, 2.75) is 32.4 Å². The van der Waals surface area contributed by atoms with E-state index in [4.69, 9.17) is 9.73 Å². The second-order valence-corrected chi connectivity index (χ2v) is 7.72. The molecule has 1 aliphatic heterocycles. The molecule has 0 fully saturated rings. The van der Waals surface area contributed by atoms with Gasteiger partial charge in [-0.3, -0.25) is 19.4 Å². The first-order chi connectivity index (χ1) is 14.3. The van der Waals surface area contributed by atoms with E-state index in [1.54, 1.807) is 7.05 Å². The fraction of sp³-hybridized carbons (Fsp3) is 0.409. The first-order valence-electron chi connectivity index (χ1n) is 9.91. The largest absolute Gasteiger partial charge is 0.452 e. The summed E-state index contributed by atoms with van der Waals surface area (Å²) in [5, 5.41) is 2.66. The Labute approximate surface area is 174 Å². The first kappa shape index (κ1) is 20.0. The zero-order chi connectivity index (χ0) is 21.6. The summed E-state index contributed by atoms with van der Waals surface area (Å²) in [6, 6.07) is 8.58. The van der Waals surface area contributed by atoms with Crippen molar-refractivity contribution in [1.29, 1.82) is 0 Å². The van der Waals surface area contributed by atoms with Crippen molar-refractivity contribution in [3.05, 3.63) is 53.1 Å². The summed E-state index contributed by atoms with van der Waals surface area (Å²) in [5.41, 5.74) is 2.78. The zero-order valence-electron chi connectivity index (χ0n) is 17.4. The van der Waals surface area contributed by atoms with Crippen LogP contribution in [0.1, 0.15) is 35.7 Å². The molecule has 2 unspecified atom stereocenters. The highest BCUT2D eigenvalue weighted by Crippen LogP contribution is 2.40. The molecule has 0 bridgehead atoms. The van der Waals surface area contributed by atoms with E-state index < -0.39 is 30.0 Å². The van der Waals surface area contributed by atoms with E-state index in [1.165, 1.54) is 6.92 Å². The molecule has 4 rings (SSSR count). The van der Waals surface area contributed by atoms with Gasteiger partial charge in [0.1, 0.15) is 17.6 Å². The molecule has 1 N–H and O–H groups in total. The van der Waals surface area contributed by atoms with E-state index in [0.717, 1.165) is 17.1 Å². The molecule has 1 aliphatic carbocycles. The number of benzene rings is 1. The van der Waals surface area contributed by atoms with Crippen LogP contribution in [0.4, 0.5) is 0 Å². The second kappa shape index (κ2) is 7.51. The van der Waals surface area contributed by atoms with Gasteiger partial charge in [0.15, 0.2) is 11.9 Å². The fourth-order valence-electron chi connectivity index (χ4n) is 4.41. The molecular formula is C22H24N4O4. The number of rotatable bonds is 3. The maximum absolute atomic E-state index is 13.6. The van der Waals surface area contributed by atoms with E-state index in [1.807, 2.05) is 48.9 Å². The molecule has 8 heteroatoms.